The number of carbonyl (C=O) groups is 2. The maximum Gasteiger partial charge on any atom is 0.252 e. The van der Waals surface area contributed by atoms with Crippen molar-refractivity contribution >= 4 is 33.4 Å². The highest BCUT2D eigenvalue weighted by Gasteiger charge is 2.10. The predicted molar refractivity (Wildman–Crippen MR) is 86.3 cm³/mol. The number of halogens is 1. The second-order valence-corrected chi connectivity index (χ2v) is 5.43. The number of rotatable bonds is 4. The normalized spacial score (nSPS) is 10.0. The Balaban J connectivity index is 1.90. The van der Waals surface area contributed by atoms with Crippen molar-refractivity contribution in [1.82, 2.24) is 5.32 Å². The van der Waals surface area contributed by atoms with Crippen molar-refractivity contribution in [1.29, 1.82) is 0 Å². The van der Waals surface area contributed by atoms with Gasteiger partial charge in [0, 0.05) is 10.2 Å². The van der Waals surface area contributed by atoms with E-state index >= 15 is 0 Å². The molecule has 0 radical (unpaired) electrons. The van der Waals surface area contributed by atoms with E-state index in [9.17, 15) is 9.59 Å². The minimum absolute atomic E-state index is 0.0753. The first kappa shape index (κ1) is 15.3. The predicted octanol–water partition coefficient (Wildman–Crippen LogP) is 3.13. The van der Waals surface area contributed by atoms with E-state index in [4.69, 9.17) is 0 Å². The highest BCUT2D eigenvalue weighted by Crippen LogP contribution is 2.15. The fraction of sp³-hybridized carbons (Fsp3) is 0.125. The quantitative estimate of drug-likeness (QED) is 0.893. The van der Waals surface area contributed by atoms with Gasteiger partial charge in [-0.1, -0.05) is 24.3 Å². The zero-order valence-electron chi connectivity index (χ0n) is 11.5. The standard InChI is InChI=1S/C16H15BrN2O2/c1-11-5-4-6-12(9-11)19-15(20)10-18-16(21)13-7-2-3-8-14(13)17/h2-9H,10H2,1H3,(H,18,21)(H,19,20). The molecular formula is C16H15BrN2O2. The van der Waals surface area contributed by atoms with E-state index in [-0.39, 0.29) is 18.4 Å². The number of amides is 2. The minimum Gasteiger partial charge on any atom is -0.343 e. The van der Waals surface area contributed by atoms with Gasteiger partial charge >= 0.3 is 0 Å². The molecule has 0 aliphatic rings. The van der Waals surface area contributed by atoms with E-state index in [1.807, 2.05) is 31.2 Å². The summed E-state index contributed by atoms with van der Waals surface area (Å²) in [5, 5.41) is 5.33. The van der Waals surface area contributed by atoms with Crippen molar-refractivity contribution in [3.05, 3.63) is 64.1 Å². The fourth-order valence-corrected chi connectivity index (χ4v) is 2.29. The fourth-order valence-electron chi connectivity index (χ4n) is 1.83. The number of hydrogen-bond donors (Lipinski definition) is 2. The number of nitrogens with one attached hydrogen (secondary N) is 2. The largest absolute Gasteiger partial charge is 0.343 e. The van der Waals surface area contributed by atoms with Crippen LogP contribution >= 0.6 is 15.9 Å². The van der Waals surface area contributed by atoms with Crippen LogP contribution in [0.3, 0.4) is 0 Å². The third kappa shape index (κ3) is 4.43. The molecule has 4 nitrogen and oxygen atoms in total. The van der Waals surface area contributed by atoms with E-state index in [1.165, 1.54) is 0 Å². The molecule has 5 heteroatoms. The van der Waals surface area contributed by atoms with Crippen LogP contribution in [0, 0.1) is 6.92 Å². The molecule has 108 valence electrons. The Bertz CT molecular complexity index is 671. The Hall–Kier alpha value is -2.14. The monoisotopic (exact) mass is 346 g/mol. The van der Waals surface area contributed by atoms with Gasteiger partial charge in [0.15, 0.2) is 0 Å². The number of anilines is 1. The molecule has 2 aromatic carbocycles. The molecule has 0 aliphatic carbocycles. The molecule has 2 N–H and O–H groups in total. The van der Waals surface area contributed by atoms with Gasteiger partial charge in [0.25, 0.3) is 5.91 Å². The van der Waals surface area contributed by atoms with Crippen molar-refractivity contribution < 1.29 is 9.59 Å². The molecule has 0 spiro atoms. The summed E-state index contributed by atoms with van der Waals surface area (Å²) in [6.45, 7) is 1.87. The molecule has 0 fully saturated rings. The van der Waals surface area contributed by atoms with Gasteiger partial charge in [-0.05, 0) is 52.7 Å². The number of benzene rings is 2. The SMILES string of the molecule is Cc1cccc(NC(=O)CNC(=O)c2ccccc2Br)c1. The van der Waals surface area contributed by atoms with E-state index in [1.54, 1.807) is 24.3 Å². The van der Waals surface area contributed by atoms with Crippen LogP contribution in [-0.4, -0.2) is 18.4 Å². The van der Waals surface area contributed by atoms with Gasteiger partial charge in [-0.15, -0.1) is 0 Å². The van der Waals surface area contributed by atoms with Gasteiger partial charge in [0.2, 0.25) is 5.91 Å². The minimum atomic E-state index is -0.290. The Morgan fingerprint density at radius 1 is 1.10 bits per heavy atom. The lowest BCUT2D eigenvalue weighted by molar-refractivity contribution is -0.115. The summed E-state index contributed by atoms with van der Waals surface area (Å²) in [6, 6.07) is 14.6. The molecule has 0 aromatic heterocycles. The highest BCUT2D eigenvalue weighted by atomic mass is 79.9. The topological polar surface area (TPSA) is 58.2 Å². The summed E-state index contributed by atoms with van der Waals surface area (Å²) < 4.78 is 0.696. The van der Waals surface area contributed by atoms with Crippen LogP contribution in [0.25, 0.3) is 0 Å². The van der Waals surface area contributed by atoms with Crippen LogP contribution in [0.1, 0.15) is 15.9 Å². The van der Waals surface area contributed by atoms with E-state index < -0.39 is 0 Å². The third-order valence-corrected chi connectivity index (χ3v) is 3.52. The molecule has 0 saturated carbocycles. The summed E-state index contributed by atoms with van der Waals surface area (Å²) in [4.78, 5) is 23.8. The molecule has 0 unspecified atom stereocenters. The van der Waals surface area contributed by atoms with Crippen molar-refractivity contribution in [2.24, 2.45) is 0 Å². The highest BCUT2D eigenvalue weighted by molar-refractivity contribution is 9.10. The van der Waals surface area contributed by atoms with Crippen LogP contribution in [0.5, 0.6) is 0 Å². The summed E-state index contributed by atoms with van der Waals surface area (Å²) in [6.07, 6.45) is 0. The van der Waals surface area contributed by atoms with Gasteiger partial charge in [0.1, 0.15) is 0 Å². The Labute approximate surface area is 131 Å². The van der Waals surface area contributed by atoms with Crippen LogP contribution < -0.4 is 10.6 Å². The van der Waals surface area contributed by atoms with Crippen molar-refractivity contribution in [2.75, 3.05) is 11.9 Å². The first-order chi connectivity index (χ1) is 10.1. The van der Waals surface area contributed by atoms with Crippen LogP contribution in [0.2, 0.25) is 0 Å². The average molecular weight is 347 g/mol. The van der Waals surface area contributed by atoms with Crippen molar-refractivity contribution in [3.63, 3.8) is 0 Å². The summed E-state index contributed by atoms with van der Waals surface area (Å²) >= 11 is 3.30. The summed E-state index contributed by atoms with van der Waals surface area (Å²) in [5.41, 5.74) is 2.28. The second kappa shape index (κ2) is 7.04. The smallest absolute Gasteiger partial charge is 0.252 e. The Morgan fingerprint density at radius 3 is 2.57 bits per heavy atom. The van der Waals surface area contributed by atoms with Crippen LogP contribution in [-0.2, 0) is 4.79 Å². The lowest BCUT2D eigenvalue weighted by atomic mass is 10.2. The first-order valence-electron chi connectivity index (χ1n) is 6.45. The van der Waals surface area contributed by atoms with Crippen molar-refractivity contribution in [3.8, 4) is 0 Å². The molecule has 21 heavy (non-hydrogen) atoms. The molecule has 0 atom stereocenters. The molecule has 0 saturated heterocycles. The molecule has 2 aromatic rings. The molecular weight excluding hydrogens is 332 g/mol. The molecule has 0 heterocycles. The van der Waals surface area contributed by atoms with Gasteiger partial charge in [-0.3, -0.25) is 9.59 Å². The maximum atomic E-state index is 12.0. The lowest BCUT2D eigenvalue weighted by Gasteiger charge is -2.08. The van der Waals surface area contributed by atoms with Crippen LogP contribution in [0.4, 0.5) is 5.69 Å². The zero-order valence-corrected chi connectivity index (χ0v) is 13.1. The second-order valence-electron chi connectivity index (χ2n) is 4.58. The number of hydrogen-bond acceptors (Lipinski definition) is 2. The van der Waals surface area contributed by atoms with E-state index in [2.05, 4.69) is 26.6 Å². The van der Waals surface area contributed by atoms with E-state index in [0.717, 1.165) is 11.3 Å². The van der Waals surface area contributed by atoms with Crippen molar-refractivity contribution in [2.45, 2.75) is 6.92 Å². The zero-order chi connectivity index (χ0) is 15.2. The maximum absolute atomic E-state index is 12.0. The summed E-state index contributed by atoms with van der Waals surface area (Å²) in [5.74, 6) is -0.553. The lowest BCUT2D eigenvalue weighted by Crippen LogP contribution is -2.33. The summed E-state index contributed by atoms with van der Waals surface area (Å²) in [7, 11) is 0. The molecule has 0 bridgehead atoms. The third-order valence-electron chi connectivity index (χ3n) is 2.83. The van der Waals surface area contributed by atoms with Gasteiger partial charge < -0.3 is 10.6 Å². The molecule has 2 rings (SSSR count). The van der Waals surface area contributed by atoms with Crippen LogP contribution in [0.15, 0.2) is 53.0 Å². The van der Waals surface area contributed by atoms with Gasteiger partial charge in [-0.2, -0.15) is 0 Å². The Morgan fingerprint density at radius 2 is 1.86 bits per heavy atom. The molecule has 0 aliphatic heterocycles. The van der Waals surface area contributed by atoms with Gasteiger partial charge in [-0.25, -0.2) is 0 Å². The average Bonchev–Trinajstić information content (AvgIpc) is 2.45. The Kier molecular flexibility index (Phi) is 5.11. The number of carbonyl (C=O) groups excluding carboxylic acids is 2. The number of aryl methyl sites for hydroxylation is 1. The first-order valence-corrected chi connectivity index (χ1v) is 7.25. The van der Waals surface area contributed by atoms with Gasteiger partial charge in [0.05, 0.1) is 12.1 Å². The molecule has 2 amide bonds. The van der Waals surface area contributed by atoms with E-state index in [0.29, 0.717) is 10.0 Å².